The first-order valence-corrected chi connectivity index (χ1v) is 8.90. The van der Waals surface area contributed by atoms with Crippen molar-refractivity contribution >= 4 is 7.52 Å². The minimum atomic E-state index is -2.74. The monoisotopic (exact) mass is 273 g/mol. The first-order chi connectivity index (χ1) is 8.48. The number of allylic oxidation sites excluding steroid dienone is 1. The summed E-state index contributed by atoms with van der Waals surface area (Å²) in [5.74, 6) is 0. The van der Waals surface area contributed by atoms with Gasteiger partial charge in [-0.15, -0.1) is 6.58 Å². The topological polar surface area (TPSA) is 29.5 Å². The van der Waals surface area contributed by atoms with Crippen molar-refractivity contribution in [2.45, 2.75) is 65.0 Å². The lowest BCUT2D eigenvalue weighted by molar-refractivity contribution is 0.0700. The van der Waals surface area contributed by atoms with Crippen LogP contribution in [0.5, 0.6) is 0 Å². The van der Waals surface area contributed by atoms with Gasteiger partial charge in [-0.05, 0) is 32.6 Å². The molecule has 0 N–H and O–H groups in total. The summed E-state index contributed by atoms with van der Waals surface area (Å²) in [6, 6.07) is 0. The highest BCUT2D eigenvalue weighted by molar-refractivity contribution is 7.56. The summed E-state index contributed by atoms with van der Waals surface area (Å²) in [6.45, 7) is 13.2. The molecule has 0 radical (unpaired) electrons. The van der Waals surface area contributed by atoms with E-state index in [1.54, 1.807) is 6.08 Å². The van der Waals surface area contributed by atoms with Gasteiger partial charge in [-0.3, -0.25) is 4.57 Å². The highest BCUT2D eigenvalue weighted by Gasteiger charge is 2.46. The lowest BCUT2D eigenvalue weighted by Gasteiger charge is -2.49. The van der Waals surface area contributed by atoms with E-state index in [-0.39, 0.29) is 11.6 Å². The molecule has 1 aliphatic rings. The van der Waals surface area contributed by atoms with Crippen molar-refractivity contribution in [1.82, 2.24) is 4.67 Å². The molecule has 0 saturated carbocycles. The quantitative estimate of drug-likeness (QED) is 0.529. The second-order valence-corrected chi connectivity index (χ2v) is 7.56. The van der Waals surface area contributed by atoms with Crippen molar-refractivity contribution in [2.75, 3.05) is 12.7 Å². The Morgan fingerprint density at radius 1 is 1.39 bits per heavy atom. The van der Waals surface area contributed by atoms with E-state index in [9.17, 15) is 4.57 Å². The number of rotatable bonds is 6. The second-order valence-electron chi connectivity index (χ2n) is 5.22. The molecule has 0 aromatic heterocycles. The number of hydrogen-bond donors (Lipinski definition) is 0. The summed E-state index contributed by atoms with van der Waals surface area (Å²) in [4.78, 5) is 0. The third-order valence-electron chi connectivity index (χ3n) is 4.34. The molecule has 0 amide bonds. The largest absolute Gasteiger partial charge is 0.314 e. The lowest BCUT2D eigenvalue weighted by atomic mass is 9.89. The van der Waals surface area contributed by atoms with E-state index in [1.165, 1.54) is 0 Å². The van der Waals surface area contributed by atoms with Crippen LogP contribution in [0.4, 0.5) is 0 Å². The standard InChI is InChI=1S/C14H28NO2P/c1-6-12-18(16)15(11-10-13(5)17-18)14(7-2,8-3)9-4/h6,13H,1,7-12H2,2-5H3/t13-,18+/m0/s1. The van der Waals surface area contributed by atoms with Crippen LogP contribution in [0, 0.1) is 0 Å². The molecule has 1 heterocycles. The molecule has 4 heteroatoms. The van der Waals surface area contributed by atoms with E-state index in [2.05, 4.69) is 32.0 Å². The molecule has 0 unspecified atom stereocenters. The van der Waals surface area contributed by atoms with Crippen LogP contribution in [0.25, 0.3) is 0 Å². The smallest absolute Gasteiger partial charge is 0.276 e. The van der Waals surface area contributed by atoms with Crippen LogP contribution in [0.2, 0.25) is 0 Å². The van der Waals surface area contributed by atoms with Gasteiger partial charge in [0.2, 0.25) is 0 Å². The van der Waals surface area contributed by atoms with Gasteiger partial charge in [-0.2, -0.15) is 0 Å². The summed E-state index contributed by atoms with van der Waals surface area (Å²) < 4.78 is 21.1. The zero-order chi connectivity index (χ0) is 13.8. The van der Waals surface area contributed by atoms with Crippen LogP contribution >= 0.6 is 7.52 Å². The van der Waals surface area contributed by atoms with Gasteiger partial charge in [-0.25, -0.2) is 4.67 Å². The number of hydrogen-bond acceptors (Lipinski definition) is 2. The van der Waals surface area contributed by atoms with Crippen molar-refractivity contribution < 1.29 is 9.09 Å². The van der Waals surface area contributed by atoms with Gasteiger partial charge in [0.25, 0.3) is 7.52 Å². The maximum atomic E-state index is 13.1. The molecular formula is C14H28NO2P. The highest BCUT2D eigenvalue weighted by Crippen LogP contribution is 2.59. The molecule has 2 atom stereocenters. The first kappa shape index (κ1) is 15.9. The average Bonchev–Trinajstić information content (AvgIpc) is 2.34. The Kier molecular flexibility index (Phi) is 5.64. The lowest BCUT2D eigenvalue weighted by Crippen LogP contribution is -2.49. The van der Waals surface area contributed by atoms with Gasteiger partial charge < -0.3 is 4.52 Å². The predicted molar refractivity (Wildman–Crippen MR) is 78.1 cm³/mol. The third-order valence-corrected chi connectivity index (χ3v) is 7.11. The van der Waals surface area contributed by atoms with E-state index in [1.807, 2.05) is 6.92 Å². The minimum absolute atomic E-state index is 0.0126. The molecule has 1 fully saturated rings. The summed E-state index contributed by atoms with van der Waals surface area (Å²) in [6.07, 6.45) is 6.28. The second kappa shape index (κ2) is 6.36. The van der Waals surface area contributed by atoms with Crippen LogP contribution in [0.3, 0.4) is 0 Å². The average molecular weight is 273 g/mol. The van der Waals surface area contributed by atoms with Crippen molar-refractivity contribution in [3.63, 3.8) is 0 Å². The molecule has 1 saturated heterocycles. The maximum absolute atomic E-state index is 13.1. The van der Waals surface area contributed by atoms with Crippen molar-refractivity contribution in [3.05, 3.63) is 12.7 Å². The zero-order valence-corrected chi connectivity index (χ0v) is 13.2. The fraction of sp³-hybridized carbons (Fsp3) is 0.857. The van der Waals surface area contributed by atoms with Gasteiger partial charge in [-0.1, -0.05) is 26.8 Å². The minimum Gasteiger partial charge on any atom is -0.314 e. The van der Waals surface area contributed by atoms with E-state index >= 15 is 0 Å². The van der Waals surface area contributed by atoms with E-state index in [0.717, 1.165) is 32.2 Å². The van der Waals surface area contributed by atoms with Crippen LogP contribution in [0.15, 0.2) is 12.7 Å². The predicted octanol–water partition coefficient (Wildman–Crippen LogP) is 4.45. The molecule has 3 nitrogen and oxygen atoms in total. The van der Waals surface area contributed by atoms with Gasteiger partial charge >= 0.3 is 0 Å². The Labute approximate surface area is 112 Å². The van der Waals surface area contributed by atoms with Crippen LogP contribution in [-0.2, 0) is 9.09 Å². The van der Waals surface area contributed by atoms with Crippen LogP contribution < -0.4 is 0 Å². The molecule has 0 bridgehead atoms. The highest BCUT2D eigenvalue weighted by atomic mass is 31.2. The molecule has 106 valence electrons. The molecule has 0 spiro atoms. The Morgan fingerprint density at radius 3 is 2.39 bits per heavy atom. The van der Waals surface area contributed by atoms with Crippen molar-refractivity contribution in [3.8, 4) is 0 Å². The fourth-order valence-electron chi connectivity index (χ4n) is 3.01. The zero-order valence-electron chi connectivity index (χ0n) is 12.3. The molecule has 0 aliphatic carbocycles. The van der Waals surface area contributed by atoms with Gasteiger partial charge in [0, 0.05) is 12.1 Å². The van der Waals surface area contributed by atoms with Crippen molar-refractivity contribution in [1.29, 1.82) is 0 Å². The van der Waals surface area contributed by atoms with Gasteiger partial charge in [0.05, 0.1) is 12.3 Å². The molecule has 1 aliphatic heterocycles. The van der Waals surface area contributed by atoms with E-state index in [4.69, 9.17) is 4.52 Å². The third kappa shape index (κ3) is 2.89. The van der Waals surface area contributed by atoms with Gasteiger partial charge in [0.15, 0.2) is 0 Å². The summed E-state index contributed by atoms with van der Waals surface area (Å²) in [7, 11) is -2.74. The molecule has 1 rings (SSSR count). The van der Waals surface area contributed by atoms with Crippen LogP contribution in [0.1, 0.15) is 53.4 Å². The van der Waals surface area contributed by atoms with E-state index < -0.39 is 7.52 Å². The Bertz CT molecular complexity index is 317. The Balaban J connectivity index is 3.09. The Hall–Kier alpha value is -0.110. The maximum Gasteiger partial charge on any atom is 0.276 e. The molecule has 18 heavy (non-hydrogen) atoms. The molecule has 0 aromatic carbocycles. The molecular weight excluding hydrogens is 245 g/mol. The first-order valence-electron chi connectivity index (χ1n) is 7.14. The van der Waals surface area contributed by atoms with Gasteiger partial charge in [0.1, 0.15) is 0 Å². The van der Waals surface area contributed by atoms with Crippen molar-refractivity contribution in [2.24, 2.45) is 0 Å². The Morgan fingerprint density at radius 2 is 1.94 bits per heavy atom. The SMILES string of the molecule is C=CC[P@@]1(=O)O[C@@H](C)CCN1C(CC)(CC)CC. The molecule has 0 aromatic rings. The number of nitrogens with zero attached hydrogens (tertiary/aromatic N) is 1. The van der Waals surface area contributed by atoms with Crippen LogP contribution in [-0.4, -0.2) is 29.0 Å². The summed E-state index contributed by atoms with van der Waals surface area (Å²) in [5, 5.41) is 0. The normalized spacial score (nSPS) is 30.3. The van der Waals surface area contributed by atoms with E-state index in [0.29, 0.717) is 6.16 Å². The summed E-state index contributed by atoms with van der Waals surface area (Å²) in [5.41, 5.74) is 0.0126. The fourth-order valence-corrected chi connectivity index (χ4v) is 5.89. The summed E-state index contributed by atoms with van der Waals surface area (Å²) >= 11 is 0.